The third-order valence-corrected chi connectivity index (χ3v) is 2.55. The van der Waals surface area contributed by atoms with Crippen LogP contribution in [-0.2, 0) is 0 Å². The molecule has 68 valence electrons. The van der Waals surface area contributed by atoms with Gasteiger partial charge in [0.05, 0.1) is 0 Å². The van der Waals surface area contributed by atoms with Gasteiger partial charge in [0.2, 0.25) is 0 Å². The molecule has 0 saturated heterocycles. The number of rotatable bonds is 5. The minimum Gasteiger partial charge on any atom is -0.361 e. The van der Waals surface area contributed by atoms with Crippen LogP contribution in [0.4, 0.5) is 5.13 Å². The van der Waals surface area contributed by atoms with Crippen LogP contribution in [0.3, 0.4) is 0 Å². The van der Waals surface area contributed by atoms with Crippen molar-refractivity contribution in [1.29, 1.82) is 0 Å². The van der Waals surface area contributed by atoms with E-state index in [0.29, 0.717) is 0 Å². The summed E-state index contributed by atoms with van der Waals surface area (Å²) in [5, 5.41) is 6.35. The molecular weight excluding hydrogens is 168 g/mol. The van der Waals surface area contributed by atoms with E-state index >= 15 is 0 Å². The quantitative estimate of drug-likeness (QED) is 0.761. The summed E-state index contributed by atoms with van der Waals surface area (Å²) in [6, 6.07) is 0. The van der Waals surface area contributed by atoms with E-state index in [1.54, 1.807) is 11.3 Å². The van der Waals surface area contributed by atoms with Gasteiger partial charge in [-0.1, -0.05) is 20.3 Å². The molecule has 0 amide bonds. The summed E-state index contributed by atoms with van der Waals surface area (Å²) in [6.07, 6.45) is 4.39. The highest BCUT2D eigenvalue weighted by Gasteiger charge is 2.00. The largest absolute Gasteiger partial charge is 0.361 e. The summed E-state index contributed by atoms with van der Waals surface area (Å²) < 4.78 is 0. The summed E-state index contributed by atoms with van der Waals surface area (Å²) in [6.45, 7) is 5.53. The molecule has 0 aliphatic carbocycles. The summed E-state index contributed by atoms with van der Waals surface area (Å²) in [7, 11) is 0. The van der Waals surface area contributed by atoms with Crippen molar-refractivity contribution in [2.75, 3.05) is 11.9 Å². The number of hydrogen-bond acceptors (Lipinski definition) is 3. The second-order valence-electron chi connectivity index (χ2n) is 3.11. The highest BCUT2D eigenvalue weighted by Crippen LogP contribution is 2.12. The van der Waals surface area contributed by atoms with Crippen molar-refractivity contribution in [2.24, 2.45) is 5.92 Å². The smallest absolute Gasteiger partial charge is 0.182 e. The van der Waals surface area contributed by atoms with Gasteiger partial charge in [-0.3, -0.25) is 0 Å². The zero-order valence-corrected chi connectivity index (χ0v) is 8.53. The maximum Gasteiger partial charge on any atom is 0.182 e. The molecule has 1 heterocycles. The minimum atomic E-state index is 0.749. The Kier molecular flexibility index (Phi) is 4.08. The van der Waals surface area contributed by atoms with Crippen LogP contribution in [0.1, 0.15) is 26.7 Å². The van der Waals surface area contributed by atoms with Crippen LogP contribution in [0.25, 0.3) is 0 Å². The van der Waals surface area contributed by atoms with Crippen molar-refractivity contribution < 1.29 is 0 Å². The van der Waals surface area contributed by atoms with Crippen LogP contribution in [-0.4, -0.2) is 11.5 Å². The molecule has 0 fully saturated rings. The Bertz CT molecular complexity index is 196. The molecule has 0 aromatic carbocycles. The highest BCUT2D eigenvalue weighted by atomic mass is 32.1. The van der Waals surface area contributed by atoms with Gasteiger partial charge in [-0.2, -0.15) is 0 Å². The average molecular weight is 184 g/mol. The number of hydrogen-bond donors (Lipinski definition) is 1. The topological polar surface area (TPSA) is 24.9 Å². The standard InChI is InChI=1S/C9H16N2S/c1-3-4-8(2)7-11-9-10-5-6-12-9/h5-6,8H,3-4,7H2,1-2H3,(H,10,11). The lowest BCUT2D eigenvalue weighted by molar-refractivity contribution is 0.550. The van der Waals surface area contributed by atoms with Gasteiger partial charge in [0.15, 0.2) is 5.13 Å². The summed E-state index contributed by atoms with van der Waals surface area (Å²) in [5.41, 5.74) is 0. The van der Waals surface area contributed by atoms with Crippen LogP contribution in [0.15, 0.2) is 11.6 Å². The Morgan fingerprint density at radius 2 is 2.50 bits per heavy atom. The second-order valence-corrected chi connectivity index (χ2v) is 4.01. The van der Waals surface area contributed by atoms with Crippen LogP contribution in [0.5, 0.6) is 0 Å². The van der Waals surface area contributed by atoms with Gasteiger partial charge < -0.3 is 5.32 Å². The third kappa shape index (κ3) is 3.22. The predicted molar refractivity (Wildman–Crippen MR) is 54.7 cm³/mol. The molecule has 3 heteroatoms. The van der Waals surface area contributed by atoms with E-state index in [0.717, 1.165) is 17.6 Å². The molecule has 1 N–H and O–H groups in total. The van der Waals surface area contributed by atoms with Gasteiger partial charge in [-0.25, -0.2) is 4.98 Å². The van der Waals surface area contributed by atoms with E-state index in [1.165, 1.54) is 12.8 Å². The SMILES string of the molecule is CCCC(C)CNc1nccs1. The molecule has 1 unspecified atom stereocenters. The predicted octanol–water partition coefficient (Wildman–Crippen LogP) is 2.99. The van der Waals surface area contributed by atoms with Gasteiger partial charge >= 0.3 is 0 Å². The molecule has 1 aromatic rings. The number of nitrogens with one attached hydrogen (secondary N) is 1. The monoisotopic (exact) mass is 184 g/mol. The molecule has 12 heavy (non-hydrogen) atoms. The Labute approximate surface area is 78.0 Å². The first-order valence-corrected chi connectivity index (χ1v) is 5.34. The summed E-state index contributed by atoms with van der Waals surface area (Å²) >= 11 is 1.66. The zero-order chi connectivity index (χ0) is 8.81. The zero-order valence-electron chi connectivity index (χ0n) is 7.71. The lowest BCUT2D eigenvalue weighted by Gasteiger charge is -2.09. The lowest BCUT2D eigenvalue weighted by Crippen LogP contribution is -2.10. The molecule has 0 spiro atoms. The number of nitrogens with zero attached hydrogens (tertiary/aromatic N) is 1. The van der Waals surface area contributed by atoms with Crippen molar-refractivity contribution in [1.82, 2.24) is 4.98 Å². The molecule has 0 radical (unpaired) electrons. The Morgan fingerprint density at radius 3 is 3.08 bits per heavy atom. The summed E-state index contributed by atoms with van der Waals surface area (Å²) in [5.74, 6) is 0.749. The first kappa shape index (κ1) is 9.52. The van der Waals surface area contributed by atoms with Crippen molar-refractivity contribution in [2.45, 2.75) is 26.7 Å². The fraction of sp³-hybridized carbons (Fsp3) is 0.667. The van der Waals surface area contributed by atoms with E-state index in [1.807, 2.05) is 11.6 Å². The fourth-order valence-electron chi connectivity index (χ4n) is 1.17. The summed E-state index contributed by atoms with van der Waals surface area (Å²) in [4.78, 5) is 4.16. The molecule has 0 bridgehead atoms. The van der Waals surface area contributed by atoms with Gasteiger partial charge in [0.1, 0.15) is 0 Å². The van der Waals surface area contributed by atoms with Gasteiger partial charge in [0.25, 0.3) is 0 Å². The van der Waals surface area contributed by atoms with Crippen molar-refractivity contribution in [3.63, 3.8) is 0 Å². The first-order valence-electron chi connectivity index (χ1n) is 4.46. The maximum atomic E-state index is 4.16. The van der Waals surface area contributed by atoms with Crippen LogP contribution >= 0.6 is 11.3 Å². The van der Waals surface area contributed by atoms with E-state index < -0.39 is 0 Å². The molecule has 0 aliphatic heterocycles. The van der Waals surface area contributed by atoms with Gasteiger partial charge in [0, 0.05) is 18.1 Å². The normalized spacial score (nSPS) is 12.8. The fourth-order valence-corrected chi connectivity index (χ4v) is 1.71. The minimum absolute atomic E-state index is 0.749. The number of anilines is 1. The van der Waals surface area contributed by atoms with Gasteiger partial charge in [-0.05, 0) is 12.3 Å². The van der Waals surface area contributed by atoms with Crippen molar-refractivity contribution in [3.8, 4) is 0 Å². The first-order chi connectivity index (χ1) is 5.83. The van der Waals surface area contributed by atoms with E-state index in [9.17, 15) is 0 Å². The Morgan fingerprint density at radius 1 is 1.67 bits per heavy atom. The highest BCUT2D eigenvalue weighted by molar-refractivity contribution is 7.13. The van der Waals surface area contributed by atoms with E-state index in [4.69, 9.17) is 0 Å². The average Bonchev–Trinajstić information content (AvgIpc) is 2.53. The second kappa shape index (κ2) is 5.14. The van der Waals surface area contributed by atoms with Crippen LogP contribution in [0, 0.1) is 5.92 Å². The molecule has 0 aliphatic rings. The van der Waals surface area contributed by atoms with E-state index in [2.05, 4.69) is 24.1 Å². The third-order valence-electron chi connectivity index (χ3n) is 1.82. The van der Waals surface area contributed by atoms with Crippen molar-refractivity contribution in [3.05, 3.63) is 11.6 Å². The Balaban J connectivity index is 2.17. The molecular formula is C9H16N2S. The number of thiazole rings is 1. The van der Waals surface area contributed by atoms with Crippen LogP contribution in [0.2, 0.25) is 0 Å². The van der Waals surface area contributed by atoms with Crippen LogP contribution < -0.4 is 5.32 Å². The molecule has 0 saturated carbocycles. The molecule has 1 atom stereocenters. The lowest BCUT2D eigenvalue weighted by atomic mass is 10.1. The Hall–Kier alpha value is -0.570. The van der Waals surface area contributed by atoms with Crippen molar-refractivity contribution >= 4 is 16.5 Å². The number of aromatic nitrogens is 1. The molecule has 2 nitrogen and oxygen atoms in total. The molecule has 1 rings (SSSR count). The van der Waals surface area contributed by atoms with E-state index in [-0.39, 0.29) is 0 Å². The van der Waals surface area contributed by atoms with Gasteiger partial charge in [-0.15, -0.1) is 11.3 Å². The maximum absolute atomic E-state index is 4.16. The molecule has 1 aromatic heterocycles.